The number of amides is 1. The molecule has 132 valence electrons. The third-order valence-corrected chi connectivity index (χ3v) is 4.22. The lowest BCUT2D eigenvalue weighted by molar-refractivity contribution is -0.384. The first kappa shape index (κ1) is 16.2. The van der Waals surface area contributed by atoms with Crippen molar-refractivity contribution < 1.29 is 18.9 Å². The minimum Gasteiger partial charge on any atom is -0.436 e. The molecule has 1 fully saturated rings. The molecule has 2 aromatic carbocycles. The van der Waals surface area contributed by atoms with Crippen LogP contribution in [0.5, 0.6) is 0 Å². The van der Waals surface area contributed by atoms with Gasteiger partial charge in [0.05, 0.1) is 16.2 Å². The van der Waals surface area contributed by atoms with Crippen molar-refractivity contribution >= 4 is 28.4 Å². The Bertz CT molecular complexity index is 991. The van der Waals surface area contributed by atoms with E-state index in [-0.39, 0.29) is 17.5 Å². The van der Waals surface area contributed by atoms with Crippen LogP contribution in [0.25, 0.3) is 22.6 Å². The Morgan fingerprint density at radius 1 is 1.27 bits per heavy atom. The maximum Gasteiger partial charge on any atom is 0.271 e. The van der Waals surface area contributed by atoms with E-state index in [4.69, 9.17) is 9.15 Å². The second-order valence-electron chi connectivity index (χ2n) is 5.96. The largest absolute Gasteiger partial charge is 0.436 e. The average Bonchev–Trinajstić information content (AvgIpc) is 3.31. The minimum atomic E-state index is -0.483. The maximum absolute atomic E-state index is 12.3. The van der Waals surface area contributed by atoms with E-state index in [1.165, 1.54) is 18.2 Å². The number of hydrogen-bond donors (Lipinski definition) is 1. The predicted molar refractivity (Wildman–Crippen MR) is 93.7 cm³/mol. The van der Waals surface area contributed by atoms with Gasteiger partial charge in [0, 0.05) is 18.7 Å². The summed E-state index contributed by atoms with van der Waals surface area (Å²) in [4.78, 5) is 27.1. The van der Waals surface area contributed by atoms with Gasteiger partial charge in [-0.3, -0.25) is 14.9 Å². The molecule has 1 aliphatic heterocycles. The van der Waals surface area contributed by atoms with Gasteiger partial charge in [-0.25, -0.2) is 4.98 Å². The zero-order chi connectivity index (χ0) is 18.1. The third-order valence-electron chi connectivity index (χ3n) is 4.22. The number of benzene rings is 2. The highest BCUT2D eigenvalue weighted by Gasteiger charge is 2.25. The van der Waals surface area contributed by atoms with Crippen molar-refractivity contribution in [3.8, 4) is 11.5 Å². The summed E-state index contributed by atoms with van der Waals surface area (Å²) in [5.41, 5.74) is 1.91. The van der Waals surface area contributed by atoms with Gasteiger partial charge >= 0.3 is 0 Å². The molecule has 0 bridgehead atoms. The third kappa shape index (κ3) is 3.02. The van der Waals surface area contributed by atoms with Crippen molar-refractivity contribution in [2.75, 3.05) is 11.9 Å². The molecule has 0 radical (unpaired) electrons. The standard InChI is InChI=1S/C18H15N3O5/c22-17(16-6-3-9-25-16)19-13-5-2-1-4-12(13)18-20-14-10-11(21(23)24)7-8-15(14)26-18/h1-2,4-5,7-8,10,16H,3,6,9H2,(H,19,22). The Morgan fingerprint density at radius 2 is 2.12 bits per heavy atom. The first-order valence-electron chi connectivity index (χ1n) is 8.19. The number of nitro benzene ring substituents is 1. The number of nitrogens with zero attached hydrogens (tertiary/aromatic N) is 2. The van der Waals surface area contributed by atoms with E-state index in [2.05, 4.69) is 10.3 Å². The van der Waals surface area contributed by atoms with Crippen LogP contribution in [0.1, 0.15) is 12.8 Å². The molecular formula is C18H15N3O5. The Labute approximate surface area is 147 Å². The molecule has 1 N–H and O–H groups in total. The monoisotopic (exact) mass is 353 g/mol. The Kier molecular flexibility index (Phi) is 4.10. The van der Waals surface area contributed by atoms with Crippen LogP contribution >= 0.6 is 0 Å². The number of carbonyl (C=O) groups excluding carboxylic acids is 1. The first-order valence-corrected chi connectivity index (χ1v) is 8.19. The summed E-state index contributed by atoms with van der Waals surface area (Å²) in [6.07, 6.45) is 1.11. The van der Waals surface area contributed by atoms with E-state index in [0.717, 1.165) is 6.42 Å². The Hall–Kier alpha value is -3.26. The maximum atomic E-state index is 12.3. The van der Waals surface area contributed by atoms with Crippen LogP contribution < -0.4 is 5.32 Å². The van der Waals surface area contributed by atoms with Crippen molar-refractivity contribution in [2.45, 2.75) is 18.9 Å². The lowest BCUT2D eigenvalue weighted by Gasteiger charge is -2.12. The summed E-state index contributed by atoms with van der Waals surface area (Å²) in [6, 6.07) is 11.3. The zero-order valence-corrected chi connectivity index (χ0v) is 13.7. The van der Waals surface area contributed by atoms with Crippen molar-refractivity contribution in [3.63, 3.8) is 0 Å². The van der Waals surface area contributed by atoms with Gasteiger partial charge in [0.15, 0.2) is 5.58 Å². The fraction of sp³-hybridized carbons (Fsp3) is 0.222. The quantitative estimate of drug-likeness (QED) is 0.568. The number of fused-ring (bicyclic) bond motifs is 1. The van der Waals surface area contributed by atoms with Gasteiger partial charge in [-0.1, -0.05) is 12.1 Å². The van der Waals surface area contributed by atoms with Crippen LogP contribution in [0.2, 0.25) is 0 Å². The van der Waals surface area contributed by atoms with E-state index in [0.29, 0.717) is 35.4 Å². The number of para-hydroxylation sites is 1. The van der Waals surface area contributed by atoms with Gasteiger partial charge in [0.25, 0.3) is 11.6 Å². The lowest BCUT2D eigenvalue weighted by atomic mass is 10.1. The highest BCUT2D eigenvalue weighted by atomic mass is 16.6. The highest BCUT2D eigenvalue weighted by Crippen LogP contribution is 2.31. The number of nitro groups is 1. The summed E-state index contributed by atoms with van der Waals surface area (Å²) >= 11 is 0. The van der Waals surface area contributed by atoms with Crippen LogP contribution in [0.3, 0.4) is 0 Å². The van der Waals surface area contributed by atoms with Crippen LogP contribution in [-0.4, -0.2) is 28.5 Å². The molecule has 0 aliphatic carbocycles. The molecule has 0 spiro atoms. The molecule has 2 heterocycles. The molecule has 3 aromatic rings. The molecule has 1 unspecified atom stereocenters. The molecule has 1 aliphatic rings. The van der Waals surface area contributed by atoms with Crippen molar-refractivity contribution in [2.24, 2.45) is 0 Å². The number of non-ortho nitro benzene ring substituents is 1. The average molecular weight is 353 g/mol. The summed E-state index contributed by atoms with van der Waals surface area (Å²) < 4.78 is 11.1. The van der Waals surface area contributed by atoms with Crippen LogP contribution in [-0.2, 0) is 9.53 Å². The van der Waals surface area contributed by atoms with Gasteiger partial charge in [-0.15, -0.1) is 0 Å². The molecule has 4 rings (SSSR count). The Balaban J connectivity index is 1.68. The SMILES string of the molecule is O=C(Nc1ccccc1-c1nc2cc([N+](=O)[O-])ccc2o1)C1CCCO1. The number of hydrogen-bond acceptors (Lipinski definition) is 6. The van der Waals surface area contributed by atoms with Crippen LogP contribution in [0.4, 0.5) is 11.4 Å². The van der Waals surface area contributed by atoms with E-state index in [1.54, 1.807) is 24.3 Å². The fourth-order valence-corrected chi connectivity index (χ4v) is 2.92. The number of aromatic nitrogens is 1. The molecule has 1 atom stereocenters. The van der Waals surface area contributed by atoms with E-state index in [9.17, 15) is 14.9 Å². The number of nitrogens with one attached hydrogen (secondary N) is 1. The summed E-state index contributed by atoms with van der Waals surface area (Å²) in [5, 5.41) is 13.8. The number of oxazole rings is 1. The molecule has 26 heavy (non-hydrogen) atoms. The molecule has 8 nitrogen and oxygen atoms in total. The number of carbonyl (C=O) groups is 1. The lowest BCUT2D eigenvalue weighted by Crippen LogP contribution is -2.27. The Morgan fingerprint density at radius 3 is 2.88 bits per heavy atom. The normalized spacial score (nSPS) is 16.7. The number of rotatable bonds is 4. The van der Waals surface area contributed by atoms with Gasteiger partial charge in [0.2, 0.25) is 5.89 Å². The second kappa shape index (κ2) is 6.57. The second-order valence-corrected chi connectivity index (χ2v) is 5.96. The van der Waals surface area contributed by atoms with Gasteiger partial charge in [-0.2, -0.15) is 0 Å². The highest BCUT2D eigenvalue weighted by molar-refractivity contribution is 5.97. The number of anilines is 1. The summed E-state index contributed by atoms with van der Waals surface area (Å²) in [7, 11) is 0. The van der Waals surface area contributed by atoms with E-state index < -0.39 is 11.0 Å². The van der Waals surface area contributed by atoms with Crippen molar-refractivity contribution in [1.82, 2.24) is 4.98 Å². The van der Waals surface area contributed by atoms with Gasteiger partial charge in [-0.05, 0) is 31.0 Å². The molecule has 0 saturated carbocycles. The zero-order valence-electron chi connectivity index (χ0n) is 13.7. The molecule has 1 amide bonds. The van der Waals surface area contributed by atoms with E-state index in [1.807, 2.05) is 0 Å². The molecule has 1 aromatic heterocycles. The van der Waals surface area contributed by atoms with Gasteiger partial charge < -0.3 is 14.5 Å². The fourth-order valence-electron chi connectivity index (χ4n) is 2.92. The predicted octanol–water partition coefficient (Wildman–Crippen LogP) is 3.52. The van der Waals surface area contributed by atoms with Crippen molar-refractivity contribution in [3.05, 3.63) is 52.6 Å². The van der Waals surface area contributed by atoms with Crippen LogP contribution in [0, 0.1) is 10.1 Å². The molecular weight excluding hydrogens is 338 g/mol. The van der Waals surface area contributed by atoms with E-state index >= 15 is 0 Å². The van der Waals surface area contributed by atoms with Crippen LogP contribution in [0.15, 0.2) is 46.9 Å². The molecule has 1 saturated heterocycles. The smallest absolute Gasteiger partial charge is 0.271 e. The van der Waals surface area contributed by atoms with Crippen molar-refractivity contribution in [1.29, 1.82) is 0 Å². The molecule has 8 heteroatoms. The number of ether oxygens (including phenoxy) is 1. The summed E-state index contributed by atoms with van der Waals surface area (Å²) in [5.74, 6) is 0.0745. The summed E-state index contributed by atoms with van der Waals surface area (Å²) in [6.45, 7) is 0.587. The topological polar surface area (TPSA) is 108 Å². The minimum absolute atomic E-state index is 0.0580. The first-order chi connectivity index (χ1) is 12.6. The van der Waals surface area contributed by atoms with Gasteiger partial charge in [0.1, 0.15) is 11.6 Å².